The lowest BCUT2D eigenvalue weighted by Gasteiger charge is -2.29. The molecule has 6 nitrogen and oxygen atoms in total. The van der Waals surface area contributed by atoms with Crippen LogP contribution in [0.5, 0.6) is 0 Å². The van der Waals surface area contributed by atoms with Crippen LogP contribution >= 0.6 is 0 Å². The van der Waals surface area contributed by atoms with Gasteiger partial charge < -0.3 is 11.1 Å². The average Bonchev–Trinajstić information content (AvgIpc) is 2.76. The first-order valence-electron chi connectivity index (χ1n) is 6.87. The molecule has 0 spiro atoms. The van der Waals surface area contributed by atoms with Crippen molar-refractivity contribution in [1.82, 2.24) is 14.7 Å². The number of anilines is 1. The number of nitrogens with two attached hydrogens (primary N) is 1. The van der Waals surface area contributed by atoms with Crippen molar-refractivity contribution in [2.24, 2.45) is 5.73 Å². The number of amides is 1. The summed E-state index contributed by atoms with van der Waals surface area (Å²) in [5, 5.41) is 7.11. The molecule has 3 N–H and O–H groups in total. The fourth-order valence-electron chi connectivity index (χ4n) is 2.45. The number of hydrogen-bond acceptors (Lipinski definition) is 4. The van der Waals surface area contributed by atoms with Gasteiger partial charge in [0.15, 0.2) is 0 Å². The molecule has 1 aromatic heterocycles. The smallest absolute Gasteiger partial charge is 0.239 e. The van der Waals surface area contributed by atoms with E-state index in [-0.39, 0.29) is 18.0 Å². The van der Waals surface area contributed by atoms with Crippen LogP contribution in [0.25, 0.3) is 0 Å². The highest BCUT2D eigenvalue weighted by molar-refractivity contribution is 5.91. The Morgan fingerprint density at radius 1 is 1.63 bits per heavy atom. The molecule has 1 aliphatic heterocycles. The molecule has 6 heteroatoms. The van der Waals surface area contributed by atoms with Gasteiger partial charge in [-0.05, 0) is 33.2 Å². The monoisotopic (exact) mass is 265 g/mol. The van der Waals surface area contributed by atoms with Crippen molar-refractivity contribution in [3.8, 4) is 0 Å². The molecular formula is C13H23N5O. The second-order valence-corrected chi connectivity index (χ2v) is 5.44. The number of likely N-dealkylation sites (tertiary alicyclic amines) is 1. The summed E-state index contributed by atoms with van der Waals surface area (Å²) in [6.45, 7) is 6.22. The Kier molecular flexibility index (Phi) is 4.55. The Morgan fingerprint density at radius 3 is 3.11 bits per heavy atom. The van der Waals surface area contributed by atoms with Crippen LogP contribution in [-0.4, -0.2) is 46.3 Å². The highest BCUT2D eigenvalue weighted by atomic mass is 16.2. The van der Waals surface area contributed by atoms with E-state index in [9.17, 15) is 4.79 Å². The molecule has 19 heavy (non-hydrogen) atoms. The summed E-state index contributed by atoms with van der Waals surface area (Å²) in [6.07, 6.45) is 3.82. The molecule has 1 aromatic rings. The van der Waals surface area contributed by atoms with Gasteiger partial charge in [-0.25, -0.2) is 4.68 Å². The average molecular weight is 265 g/mol. The summed E-state index contributed by atoms with van der Waals surface area (Å²) in [7, 11) is 0. The van der Waals surface area contributed by atoms with E-state index in [1.807, 2.05) is 19.9 Å². The van der Waals surface area contributed by atoms with E-state index >= 15 is 0 Å². The second kappa shape index (κ2) is 6.16. The molecule has 0 aliphatic carbocycles. The third-order valence-electron chi connectivity index (χ3n) is 3.34. The van der Waals surface area contributed by atoms with Gasteiger partial charge in [0.2, 0.25) is 5.91 Å². The summed E-state index contributed by atoms with van der Waals surface area (Å²) in [5.74, 6) is 0.748. The van der Waals surface area contributed by atoms with Crippen LogP contribution in [0.3, 0.4) is 0 Å². The van der Waals surface area contributed by atoms with Crippen molar-refractivity contribution < 1.29 is 4.79 Å². The van der Waals surface area contributed by atoms with E-state index in [2.05, 4.69) is 15.3 Å². The first-order chi connectivity index (χ1) is 9.06. The van der Waals surface area contributed by atoms with Gasteiger partial charge >= 0.3 is 0 Å². The first kappa shape index (κ1) is 14.0. The minimum atomic E-state index is -0.00324. The predicted octanol–water partition coefficient (Wildman–Crippen LogP) is 0.826. The third kappa shape index (κ3) is 3.78. The Morgan fingerprint density at radius 2 is 2.42 bits per heavy atom. The van der Waals surface area contributed by atoms with Crippen molar-refractivity contribution >= 4 is 11.7 Å². The number of rotatable bonds is 4. The minimum absolute atomic E-state index is 0.00324. The Hall–Kier alpha value is -1.40. The second-order valence-electron chi connectivity index (χ2n) is 5.44. The lowest BCUT2D eigenvalue weighted by Crippen LogP contribution is -2.45. The van der Waals surface area contributed by atoms with Crippen molar-refractivity contribution in [2.45, 2.75) is 38.8 Å². The fraction of sp³-hybridized carbons (Fsp3) is 0.692. The normalized spacial score (nSPS) is 20.7. The molecule has 1 aliphatic rings. The van der Waals surface area contributed by atoms with E-state index in [1.54, 1.807) is 10.9 Å². The van der Waals surface area contributed by atoms with Gasteiger partial charge in [0, 0.05) is 24.7 Å². The van der Waals surface area contributed by atoms with Crippen LogP contribution in [0.1, 0.15) is 32.7 Å². The lowest BCUT2D eigenvalue weighted by atomic mass is 10.1. The van der Waals surface area contributed by atoms with E-state index in [4.69, 9.17) is 5.73 Å². The van der Waals surface area contributed by atoms with Gasteiger partial charge in [-0.3, -0.25) is 9.69 Å². The third-order valence-corrected chi connectivity index (χ3v) is 3.34. The molecule has 2 rings (SSSR count). The summed E-state index contributed by atoms with van der Waals surface area (Å²) >= 11 is 0. The molecule has 1 unspecified atom stereocenters. The first-order valence-corrected chi connectivity index (χ1v) is 6.87. The van der Waals surface area contributed by atoms with Gasteiger partial charge in [0.25, 0.3) is 0 Å². The van der Waals surface area contributed by atoms with Gasteiger partial charge in [-0.15, -0.1) is 0 Å². The minimum Gasteiger partial charge on any atom is -0.327 e. The summed E-state index contributed by atoms with van der Waals surface area (Å²) in [5.41, 5.74) is 5.91. The summed E-state index contributed by atoms with van der Waals surface area (Å²) in [6, 6.07) is 2.25. The summed E-state index contributed by atoms with van der Waals surface area (Å²) < 4.78 is 1.81. The van der Waals surface area contributed by atoms with E-state index < -0.39 is 0 Å². The Bertz CT molecular complexity index is 428. The standard InChI is InChI=1S/C13H23N5O/c1-10(2)18-12(5-6-15-18)16-13(19)9-17-7-3-4-11(14)8-17/h5-6,10-11H,3-4,7-9,14H2,1-2H3,(H,16,19). The molecule has 1 fully saturated rings. The largest absolute Gasteiger partial charge is 0.327 e. The summed E-state index contributed by atoms with van der Waals surface area (Å²) in [4.78, 5) is 14.1. The van der Waals surface area contributed by atoms with E-state index in [0.717, 1.165) is 31.7 Å². The van der Waals surface area contributed by atoms with Crippen molar-refractivity contribution in [3.05, 3.63) is 12.3 Å². The van der Waals surface area contributed by atoms with Crippen molar-refractivity contribution in [1.29, 1.82) is 0 Å². The maximum Gasteiger partial charge on any atom is 0.239 e. The Balaban J connectivity index is 1.88. The van der Waals surface area contributed by atoms with Crippen LogP contribution in [0.4, 0.5) is 5.82 Å². The molecule has 1 saturated heterocycles. The molecule has 0 saturated carbocycles. The number of nitrogens with zero attached hydrogens (tertiary/aromatic N) is 3. The van der Waals surface area contributed by atoms with Crippen molar-refractivity contribution in [3.63, 3.8) is 0 Å². The Labute approximate surface area is 113 Å². The van der Waals surface area contributed by atoms with Gasteiger partial charge in [-0.1, -0.05) is 0 Å². The van der Waals surface area contributed by atoms with Gasteiger partial charge in [0.1, 0.15) is 5.82 Å². The lowest BCUT2D eigenvalue weighted by molar-refractivity contribution is -0.117. The van der Waals surface area contributed by atoms with Gasteiger partial charge in [-0.2, -0.15) is 5.10 Å². The topological polar surface area (TPSA) is 76.2 Å². The van der Waals surface area contributed by atoms with Crippen LogP contribution in [0.2, 0.25) is 0 Å². The van der Waals surface area contributed by atoms with Crippen LogP contribution < -0.4 is 11.1 Å². The zero-order chi connectivity index (χ0) is 13.8. The molecule has 0 radical (unpaired) electrons. The van der Waals surface area contributed by atoms with E-state index in [0.29, 0.717) is 6.54 Å². The highest BCUT2D eigenvalue weighted by Gasteiger charge is 2.19. The maximum atomic E-state index is 12.0. The number of carbonyl (C=O) groups is 1. The highest BCUT2D eigenvalue weighted by Crippen LogP contribution is 2.13. The number of carbonyl (C=O) groups excluding carboxylic acids is 1. The molecule has 106 valence electrons. The maximum absolute atomic E-state index is 12.0. The zero-order valence-electron chi connectivity index (χ0n) is 11.7. The van der Waals surface area contributed by atoms with E-state index in [1.165, 1.54) is 0 Å². The number of hydrogen-bond donors (Lipinski definition) is 2. The SMILES string of the molecule is CC(C)n1nccc1NC(=O)CN1CCCC(N)C1. The number of aromatic nitrogens is 2. The van der Waals surface area contributed by atoms with Crippen LogP contribution in [0.15, 0.2) is 12.3 Å². The molecule has 0 aromatic carbocycles. The predicted molar refractivity (Wildman–Crippen MR) is 74.9 cm³/mol. The molecule has 1 atom stereocenters. The van der Waals surface area contributed by atoms with Crippen LogP contribution in [0, 0.1) is 0 Å². The number of piperidine rings is 1. The van der Waals surface area contributed by atoms with Gasteiger partial charge in [0.05, 0.1) is 12.7 Å². The molecule has 1 amide bonds. The van der Waals surface area contributed by atoms with Crippen LogP contribution in [-0.2, 0) is 4.79 Å². The molecule has 0 bridgehead atoms. The number of nitrogens with one attached hydrogen (secondary N) is 1. The molecule has 2 heterocycles. The molecular weight excluding hydrogens is 242 g/mol. The zero-order valence-corrected chi connectivity index (χ0v) is 11.7. The quantitative estimate of drug-likeness (QED) is 0.845. The fourth-order valence-corrected chi connectivity index (χ4v) is 2.45. The van der Waals surface area contributed by atoms with Crippen molar-refractivity contribution in [2.75, 3.05) is 25.0 Å².